The SMILES string of the molecule is CCCC(N)OC(=O)C#N. The molecule has 0 saturated carbocycles. The van der Waals surface area contributed by atoms with Crippen molar-refractivity contribution in [1.29, 1.82) is 5.26 Å². The minimum atomic E-state index is -0.916. The second-order valence-electron chi connectivity index (χ2n) is 1.84. The predicted molar refractivity (Wildman–Crippen MR) is 34.6 cm³/mol. The van der Waals surface area contributed by atoms with Crippen LogP contribution in [0.5, 0.6) is 0 Å². The van der Waals surface area contributed by atoms with Crippen molar-refractivity contribution in [2.75, 3.05) is 0 Å². The largest absolute Gasteiger partial charge is 0.436 e. The zero-order chi connectivity index (χ0) is 7.98. The first-order chi connectivity index (χ1) is 4.70. The lowest BCUT2D eigenvalue weighted by Crippen LogP contribution is -2.25. The number of hydrogen-bond acceptors (Lipinski definition) is 4. The highest BCUT2D eigenvalue weighted by Gasteiger charge is 2.05. The number of rotatable bonds is 3. The molecule has 0 heterocycles. The quantitative estimate of drug-likeness (QED) is 0.345. The highest BCUT2D eigenvalue weighted by atomic mass is 16.6. The Labute approximate surface area is 59.6 Å². The number of hydrogen-bond donors (Lipinski definition) is 1. The Kier molecular flexibility index (Phi) is 4.25. The van der Waals surface area contributed by atoms with E-state index >= 15 is 0 Å². The summed E-state index contributed by atoms with van der Waals surface area (Å²) in [6.45, 7) is 1.92. The van der Waals surface area contributed by atoms with Crippen LogP contribution in [0.25, 0.3) is 0 Å². The molecule has 0 radical (unpaired) electrons. The van der Waals surface area contributed by atoms with Crippen molar-refractivity contribution in [3.63, 3.8) is 0 Å². The van der Waals surface area contributed by atoms with Gasteiger partial charge >= 0.3 is 5.97 Å². The van der Waals surface area contributed by atoms with Gasteiger partial charge < -0.3 is 4.74 Å². The summed E-state index contributed by atoms with van der Waals surface area (Å²) in [6, 6.07) is 1.31. The molecule has 0 aromatic rings. The molecule has 0 aromatic heterocycles. The minimum absolute atomic E-state index is 0.591. The third kappa shape index (κ3) is 3.87. The smallest absolute Gasteiger partial charge is 0.412 e. The number of esters is 1. The molecule has 0 saturated heterocycles. The summed E-state index contributed by atoms with van der Waals surface area (Å²) >= 11 is 0. The summed E-state index contributed by atoms with van der Waals surface area (Å²) in [5.74, 6) is -0.916. The summed E-state index contributed by atoms with van der Waals surface area (Å²) in [4.78, 5) is 10.2. The van der Waals surface area contributed by atoms with Gasteiger partial charge in [-0.05, 0) is 6.42 Å². The summed E-state index contributed by atoms with van der Waals surface area (Å²) in [5, 5.41) is 7.97. The van der Waals surface area contributed by atoms with Crippen LogP contribution >= 0.6 is 0 Å². The van der Waals surface area contributed by atoms with Gasteiger partial charge in [0.15, 0.2) is 12.3 Å². The Morgan fingerprint density at radius 1 is 1.90 bits per heavy atom. The molecule has 56 valence electrons. The van der Waals surface area contributed by atoms with E-state index in [1.807, 2.05) is 6.92 Å². The average Bonchev–Trinajstić information content (AvgIpc) is 1.88. The lowest BCUT2D eigenvalue weighted by atomic mass is 10.3. The summed E-state index contributed by atoms with van der Waals surface area (Å²) in [5.41, 5.74) is 5.27. The van der Waals surface area contributed by atoms with Crippen molar-refractivity contribution < 1.29 is 9.53 Å². The molecule has 1 atom stereocenters. The van der Waals surface area contributed by atoms with E-state index < -0.39 is 12.2 Å². The van der Waals surface area contributed by atoms with Gasteiger partial charge in [0.25, 0.3) is 0 Å². The van der Waals surface area contributed by atoms with Crippen molar-refractivity contribution >= 4 is 5.97 Å². The molecule has 2 N–H and O–H groups in total. The lowest BCUT2D eigenvalue weighted by Gasteiger charge is -2.07. The number of nitriles is 1. The maximum absolute atomic E-state index is 10.2. The number of nitrogens with two attached hydrogens (primary N) is 1. The van der Waals surface area contributed by atoms with Crippen molar-refractivity contribution in [2.24, 2.45) is 5.73 Å². The molecule has 4 nitrogen and oxygen atoms in total. The van der Waals surface area contributed by atoms with Crippen LogP contribution in [0.4, 0.5) is 0 Å². The van der Waals surface area contributed by atoms with E-state index in [4.69, 9.17) is 11.0 Å². The van der Waals surface area contributed by atoms with Gasteiger partial charge in [-0.3, -0.25) is 5.73 Å². The first kappa shape index (κ1) is 8.92. The molecule has 0 aliphatic rings. The van der Waals surface area contributed by atoms with Crippen LogP contribution in [0.15, 0.2) is 0 Å². The van der Waals surface area contributed by atoms with Crippen LogP contribution in [0, 0.1) is 11.3 Å². The maximum atomic E-state index is 10.2. The van der Waals surface area contributed by atoms with Crippen LogP contribution in [-0.4, -0.2) is 12.2 Å². The molecule has 0 aromatic carbocycles. The minimum Gasteiger partial charge on any atom is -0.436 e. The first-order valence-electron chi connectivity index (χ1n) is 3.07. The monoisotopic (exact) mass is 142 g/mol. The molecule has 0 spiro atoms. The molecule has 0 aliphatic heterocycles. The van der Waals surface area contributed by atoms with Gasteiger partial charge in [-0.25, -0.2) is 4.79 Å². The maximum Gasteiger partial charge on any atom is 0.412 e. The van der Waals surface area contributed by atoms with Crippen LogP contribution in [0.3, 0.4) is 0 Å². The van der Waals surface area contributed by atoms with Gasteiger partial charge in [-0.15, -0.1) is 0 Å². The highest BCUT2D eigenvalue weighted by Crippen LogP contribution is 1.94. The Hall–Kier alpha value is -1.08. The molecule has 0 amide bonds. The van der Waals surface area contributed by atoms with Crippen molar-refractivity contribution in [1.82, 2.24) is 0 Å². The van der Waals surface area contributed by atoms with Gasteiger partial charge in [0, 0.05) is 0 Å². The Morgan fingerprint density at radius 3 is 2.90 bits per heavy atom. The third-order valence-electron chi connectivity index (χ3n) is 0.923. The van der Waals surface area contributed by atoms with Crippen LogP contribution in [0.1, 0.15) is 19.8 Å². The highest BCUT2D eigenvalue weighted by molar-refractivity contribution is 5.85. The van der Waals surface area contributed by atoms with Crippen LogP contribution < -0.4 is 5.73 Å². The zero-order valence-electron chi connectivity index (χ0n) is 5.83. The molecule has 1 unspecified atom stereocenters. The molecular formula is C6H10N2O2. The molecule has 0 bridgehead atoms. The second kappa shape index (κ2) is 4.77. The molecule has 0 fully saturated rings. The summed E-state index contributed by atoms with van der Waals surface area (Å²) < 4.78 is 4.42. The molecular weight excluding hydrogens is 132 g/mol. The van der Waals surface area contributed by atoms with E-state index in [0.717, 1.165) is 6.42 Å². The lowest BCUT2D eigenvalue weighted by molar-refractivity contribution is -0.142. The molecule has 0 aliphatic carbocycles. The molecule has 4 heteroatoms. The number of carbonyl (C=O) groups excluding carboxylic acids is 1. The van der Waals surface area contributed by atoms with E-state index in [0.29, 0.717) is 6.42 Å². The molecule has 10 heavy (non-hydrogen) atoms. The predicted octanol–water partition coefficient (Wildman–Crippen LogP) is 0.138. The standard InChI is InChI=1S/C6H10N2O2/c1-2-3-5(8)10-6(9)4-7/h5H,2-3,8H2,1H3. The number of carbonyl (C=O) groups is 1. The van der Waals surface area contributed by atoms with Gasteiger partial charge in [0.1, 0.15) is 0 Å². The van der Waals surface area contributed by atoms with E-state index in [2.05, 4.69) is 4.74 Å². The molecule has 0 rings (SSSR count). The fraction of sp³-hybridized carbons (Fsp3) is 0.667. The fourth-order valence-electron chi connectivity index (χ4n) is 0.507. The second-order valence-corrected chi connectivity index (χ2v) is 1.84. The van der Waals surface area contributed by atoms with E-state index in [1.165, 1.54) is 6.07 Å². The van der Waals surface area contributed by atoms with E-state index in [9.17, 15) is 4.79 Å². The Balaban J connectivity index is 3.49. The summed E-state index contributed by atoms with van der Waals surface area (Å²) in [7, 11) is 0. The van der Waals surface area contributed by atoms with Gasteiger partial charge in [-0.1, -0.05) is 13.3 Å². The Bertz CT molecular complexity index is 150. The average molecular weight is 142 g/mol. The van der Waals surface area contributed by atoms with Crippen LogP contribution in [-0.2, 0) is 9.53 Å². The number of nitrogens with zero attached hydrogens (tertiary/aromatic N) is 1. The topological polar surface area (TPSA) is 76.1 Å². The van der Waals surface area contributed by atoms with Gasteiger partial charge in [-0.2, -0.15) is 5.26 Å². The normalized spacial score (nSPS) is 11.7. The van der Waals surface area contributed by atoms with Gasteiger partial charge in [0.05, 0.1) is 0 Å². The Morgan fingerprint density at radius 2 is 2.50 bits per heavy atom. The van der Waals surface area contributed by atoms with Crippen molar-refractivity contribution in [2.45, 2.75) is 26.0 Å². The van der Waals surface area contributed by atoms with Crippen LogP contribution in [0.2, 0.25) is 0 Å². The van der Waals surface area contributed by atoms with Gasteiger partial charge in [0.2, 0.25) is 0 Å². The zero-order valence-corrected chi connectivity index (χ0v) is 5.83. The summed E-state index contributed by atoms with van der Waals surface area (Å²) in [6.07, 6.45) is 0.796. The fourth-order valence-corrected chi connectivity index (χ4v) is 0.507. The third-order valence-corrected chi connectivity index (χ3v) is 0.923. The number of ether oxygens (including phenoxy) is 1. The van der Waals surface area contributed by atoms with E-state index in [-0.39, 0.29) is 0 Å². The van der Waals surface area contributed by atoms with E-state index in [1.54, 1.807) is 0 Å². The van der Waals surface area contributed by atoms with Crippen molar-refractivity contribution in [3.8, 4) is 6.07 Å². The first-order valence-corrected chi connectivity index (χ1v) is 3.07. The van der Waals surface area contributed by atoms with Crippen molar-refractivity contribution in [3.05, 3.63) is 0 Å².